The van der Waals surface area contributed by atoms with Crippen molar-refractivity contribution < 1.29 is 13.9 Å². The number of urea groups is 1. The van der Waals surface area contributed by atoms with Gasteiger partial charge in [0.1, 0.15) is 11.6 Å². The second kappa shape index (κ2) is 9.39. The molecule has 2 heterocycles. The van der Waals surface area contributed by atoms with Crippen molar-refractivity contribution in [1.82, 2.24) is 15.2 Å². The Morgan fingerprint density at radius 2 is 1.87 bits per heavy atom. The van der Waals surface area contributed by atoms with Crippen molar-refractivity contribution in [2.45, 2.75) is 25.3 Å². The van der Waals surface area contributed by atoms with E-state index in [4.69, 9.17) is 4.74 Å². The summed E-state index contributed by atoms with van der Waals surface area (Å²) >= 11 is 0. The number of nitrogens with one attached hydrogen (secondary N) is 1. The lowest BCUT2D eigenvalue weighted by Gasteiger charge is -2.32. The van der Waals surface area contributed by atoms with Crippen LogP contribution in [0, 0.1) is 5.82 Å². The van der Waals surface area contributed by atoms with Crippen molar-refractivity contribution in [2.24, 2.45) is 0 Å². The van der Waals surface area contributed by atoms with Crippen molar-refractivity contribution in [3.05, 3.63) is 89.9 Å². The molecule has 0 saturated carbocycles. The fraction of sp³-hybridized carbons (Fsp3) is 0.250. The Hall–Kier alpha value is -3.41. The fourth-order valence-corrected chi connectivity index (χ4v) is 3.66. The molecule has 6 heteroatoms. The van der Waals surface area contributed by atoms with E-state index in [0.717, 1.165) is 31.5 Å². The Labute approximate surface area is 175 Å². The maximum atomic E-state index is 13.2. The fourth-order valence-electron chi connectivity index (χ4n) is 3.66. The number of halogens is 1. The molecule has 0 unspecified atom stereocenters. The zero-order valence-corrected chi connectivity index (χ0v) is 16.6. The first-order valence-corrected chi connectivity index (χ1v) is 10.1. The third-order valence-electron chi connectivity index (χ3n) is 5.31. The van der Waals surface area contributed by atoms with Gasteiger partial charge in [-0.05, 0) is 42.0 Å². The normalized spacial score (nSPS) is 14.4. The van der Waals surface area contributed by atoms with E-state index in [1.165, 1.54) is 17.7 Å². The van der Waals surface area contributed by atoms with Crippen LogP contribution in [0.2, 0.25) is 0 Å². The number of ether oxygens (including phenoxy) is 1. The van der Waals surface area contributed by atoms with Crippen LogP contribution in [-0.4, -0.2) is 29.0 Å². The van der Waals surface area contributed by atoms with Crippen LogP contribution < -0.4 is 10.1 Å². The van der Waals surface area contributed by atoms with Gasteiger partial charge in [0.05, 0.1) is 0 Å². The molecular formula is C24H24FN3O2. The van der Waals surface area contributed by atoms with Crippen molar-refractivity contribution in [3.8, 4) is 11.6 Å². The van der Waals surface area contributed by atoms with Gasteiger partial charge in [0.15, 0.2) is 0 Å². The van der Waals surface area contributed by atoms with Crippen molar-refractivity contribution in [3.63, 3.8) is 0 Å². The van der Waals surface area contributed by atoms with Crippen LogP contribution in [0.4, 0.5) is 9.18 Å². The molecule has 1 saturated heterocycles. The molecule has 2 aromatic carbocycles. The molecule has 3 aromatic rings. The van der Waals surface area contributed by atoms with E-state index in [2.05, 4.69) is 34.6 Å². The first-order chi connectivity index (χ1) is 14.7. The van der Waals surface area contributed by atoms with Gasteiger partial charge in [-0.25, -0.2) is 14.2 Å². The predicted octanol–water partition coefficient (Wildman–Crippen LogP) is 5.10. The number of aromatic nitrogens is 1. The summed E-state index contributed by atoms with van der Waals surface area (Å²) < 4.78 is 18.8. The molecule has 0 radical (unpaired) electrons. The van der Waals surface area contributed by atoms with E-state index in [9.17, 15) is 9.18 Å². The quantitative estimate of drug-likeness (QED) is 0.642. The average Bonchev–Trinajstić information content (AvgIpc) is 2.79. The molecule has 30 heavy (non-hydrogen) atoms. The lowest BCUT2D eigenvalue weighted by molar-refractivity contribution is 0.181. The molecule has 0 aliphatic carbocycles. The average molecular weight is 405 g/mol. The van der Waals surface area contributed by atoms with Gasteiger partial charge in [-0.2, -0.15) is 0 Å². The number of carbonyl (C=O) groups excluding carboxylic acids is 1. The molecule has 1 aromatic heterocycles. The molecule has 4 rings (SSSR count). The minimum absolute atomic E-state index is 0.0541. The van der Waals surface area contributed by atoms with Crippen LogP contribution in [0.5, 0.6) is 11.6 Å². The highest BCUT2D eigenvalue weighted by Crippen LogP contribution is 2.27. The molecule has 5 nitrogen and oxygen atoms in total. The molecular weight excluding hydrogens is 381 g/mol. The van der Waals surface area contributed by atoms with Gasteiger partial charge in [-0.3, -0.25) is 0 Å². The number of pyridine rings is 1. The van der Waals surface area contributed by atoms with E-state index < -0.39 is 0 Å². The highest BCUT2D eigenvalue weighted by atomic mass is 19.1. The van der Waals surface area contributed by atoms with E-state index in [-0.39, 0.29) is 11.8 Å². The Morgan fingerprint density at radius 1 is 1.07 bits per heavy atom. The van der Waals surface area contributed by atoms with Gasteiger partial charge >= 0.3 is 6.03 Å². The zero-order chi connectivity index (χ0) is 20.8. The van der Waals surface area contributed by atoms with Crippen LogP contribution in [0.25, 0.3) is 0 Å². The molecule has 0 atom stereocenters. The maximum absolute atomic E-state index is 13.2. The second-order valence-electron chi connectivity index (χ2n) is 7.39. The number of carbonyl (C=O) groups is 1. The molecule has 1 aliphatic rings. The first kappa shape index (κ1) is 19.9. The summed E-state index contributed by atoms with van der Waals surface area (Å²) in [7, 11) is 0. The van der Waals surface area contributed by atoms with Gasteiger partial charge in [-0.1, -0.05) is 42.5 Å². The molecule has 154 valence electrons. The van der Waals surface area contributed by atoms with Crippen LogP contribution in [0.1, 0.15) is 29.9 Å². The molecule has 1 fully saturated rings. The summed E-state index contributed by atoms with van der Waals surface area (Å²) in [6.07, 6.45) is 3.60. The second-order valence-corrected chi connectivity index (χ2v) is 7.39. The van der Waals surface area contributed by atoms with Crippen LogP contribution in [0.3, 0.4) is 0 Å². The van der Waals surface area contributed by atoms with Crippen molar-refractivity contribution >= 4 is 6.03 Å². The summed E-state index contributed by atoms with van der Waals surface area (Å²) in [6.45, 7) is 1.90. The smallest absolute Gasteiger partial charge is 0.317 e. The van der Waals surface area contributed by atoms with Crippen LogP contribution in [-0.2, 0) is 6.54 Å². The standard InChI is InChI=1S/C24H24FN3O2/c25-21-7-4-8-22(15-21)30-23-10-9-18(16-26-23)17-27-24(29)28-13-11-20(12-14-28)19-5-2-1-3-6-19/h1-10,15-16,20H,11-14,17H2,(H,27,29). The van der Waals surface area contributed by atoms with E-state index in [1.54, 1.807) is 24.4 Å². The van der Waals surface area contributed by atoms with E-state index in [0.29, 0.717) is 24.1 Å². The first-order valence-electron chi connectivity index (χ1n) is 10.1. The van der Waals surface area contributed by atoms with Crippen molar-refractivity contribution in [1.29, 1.82) is 0 Å². The Morgan fingerprint density at radius 3 is 2.57 bits per heavy atom. The van der Waals surface area contributed by atoms with Gasteiger partial charge in [-0.15, -0.1) is 0 Å². The molecule has 0 spiro atoms. The van der Waals surface area contributed by atoms with Gasteiger partial charge in [0.25, 0.3) is 0 Å². The maximum Gasteiger partial charge on any atom is 0.317 e. The van der Waals surface area contributed by atoms with Crippen molar-refractivity contribution in [2.75, 3.05) is 13.1 Å². The number of rotatable bonds is 5. The Bertz CT molecular complexity index is 971. The molecule has 1 N–H and O–H groups in total. The lowest BCUT2D eigenvalue weighted by atomic mass is 9.90. The van der Waals surface area contributed by atoms with Crippen LogP contribution >= 0.6 is 0 Å². The number of likely N-dealkylation sites (tertiary alicyclic amines) is 1. The Balaban J connectivity index is 1.24. The largest absolute Gasteiger partial charge is 0.439 e. The van der Waals surface area contributed by atoms with Gasteiger partial charge in [0, 0.05) is 38.0 Å². The Kier molecular flexibility index (Phi) is 6.23. The summed E-state index contributed by atoms with van der Waals surface area (Å²) in [4.78, 5) is 18.6. The number of hydrogen-bond donors (Lipinski definition) is 1. The summed E-state index contributed by atoms with van der Waals surface area (Å²) in [6, 6.07) is 19.9. The number of nitrogens with zero attached hydrogens (tertiary/aromatic N) is 2. The highest BCUT2D eigenvalue weighted by molar-refractivity contribution is 5.74. The third kappa shape index (κ3) is 5.14. The highest BCUT2D eigenvalue weighted by Gasteiger charge is 2.23. The number of benzene rings is 2. The SMILES string of the molecule is O=C(NCc1ccc(Oc2cccc(F)c2)nc1)N1CCC(c2ccccc2)CC1. The molecule has 1 aliphatic heterocycles. The number of piperidine rings is 1. The number of hydrogen-bond acceptors (Lipinski definition) is 3. The van der Waals surface area contributed by atoms with E-state index in [1.807, 2.05) is 17.0 Å². The topological polar surface area (TPSA) is 54.5 Å². The molecule has 0 bridgehead atoms. The lowest BCUT2D eigenvalue weighted by Crippen LogP contribution is -2.43. The molecule has 2 amide bonds. The zero-order valence-electron chi connectivity index (χ0n) is 16.6. The van der Waals surface area contributed by atoms with Gasteiger partial charge < -0.3 is 15.0 Å². The summed E-state index contributed by atoms with van der Waals surface area (Å²) in [5, 5.41) is 2.96. The van der Waals surface area contributed by atoms with Gasteiger partial charge in [0.2, 0.25) is 5.88 Å². The predicted molar refractivity (Wildman–Crippen MR) is 113 cm³/mol. The minimum Gasteiger partial charge on any atom is -0.439 e. The monoisotopic (exact) mass is 405 g/mol. The summed E-state index contributed by atoms with van der Waals surface area (Å²) in [5.41, 5.74) is 2.22. The van der Waals surface area contributed by atoms with Crippen LogP contribution in [0.15, 0.2) is 72.9 Å². The third-order valence-corrected chi connectivity index (χ3v) is 5.31. The minimum atomic E-state index is -0.361. The number of amides is 2. The van der Waals surface area contributed by atoms with E-state index >= 15 is 0 Å². The summed E-state index contributed by atoms with van der Waals surface area (Å²) in [5.74, 6) is 0.922.